The number of nitrogens with zero attached hydrogens (tertiary/aromatic N) is 2. The third kappa shape index (κ3) is 2.97. The average Bonchev–Trinajstić information content (AvgIpc) is 2.38. The second-order valence-electron chi connectivity index (χ2n) is 4.11. The van der Waals surface area contributed by atoms with Crippen molar-refractivity contribution < 1.29 is 0 Å². The van der Waals surface area contributed by atoms with Crippen LogP contribution in [-0.4, -0.2) is 19.1 Å². The number of nitrogens with one attached hydrogen (secondary N) is 1. The zero-order valence-electron chi connectivity index (χ0n) is 10.2. The van der Waals surface area contributed by atoms with Gasteiger partial charge >= 0.3 is 0 Å². The highest BCUT2D eigenvalue weighted by Gasteiger charge is 2.02. The Labute approximate surface area is 102 Å². The predicted molar refractivity (Wildman–Crippen MR) is 72.3 cm³/mol. The Morgan fingerprint density at radius 1 is 1.06 bits per heavy atom. The lowest BCUT2D eigenvalue weighted by molar-refractivity contribution is 1.06. The summed E-state index contributed by atoms with van der Waals surface area (Å²) >= 11 is 0. The summed E-state index contributed by atoms with van der Waals surface area (Å²) in [6.45, 7) is 0.818. The van der Waals surface area contributed by atoms with Gasteiger partial charge in [0, 0.05) is 44.4 Å². The standard InChI is InChI=1S/C14H17N3/c1-17(2)14-6-4-3-5-12(14)11-16-13-7-9-15-10-8-13/h3-10H,11H2,1-2H3,(H,15,16). The van der Waals surface area contributed by atoms with E-state index < -0.39 is 0 Å². The van der Waals surface area contributed by atoms with E-state index in [1.54, 1.807) is 12.4 Å². The fourth-order valence-electron chi connectivity index (χ4n) is 1.76. The molecule has 0 saturated carbocycles. The number of rotatable bonds is 4. The second kappa shape index (κ2) is 5.34. The minimum Gasteiger partial charge on any atom is -0.381 e. The van der Waals surface area contributed by atoms with Crippen LogP contribution in [0.3, 0.4) is 0 Å². The Kier molecular flexibility index (Phi) is 3.60. The molecule has 0 aliphatic rings. The van der Waals surface area contributed by atoms with Gasteiger partial charge in [-0.3, -0.25) is 4.98 Å². The number of para-hydroxylation sites is 1. The minimum atomic E-state index is 0.818. The molecule has 0 radical (unpaired) electrons. The van der Waals surface area contributed by atoms with Crippen LogP contribution in [0.1, 0.15) is 5.56 Å². The van der Waals surface area contributed by atoms with Crippen molar-refractivity contribution in [1.29, 1.82) is 0 Å². The van der Waals surface area contributed by atoms with Gasteiger partial charge in [-0.1, -0.05) is 18.2 Å². The van der Waals surface area contributed by atoms with Crippen molar-refractivity contribution in [3.63, 3.8) is 0 Å². The number of benzene rings is 1. The van der Waals surface area contributed by atoms with E-state index >= 15 is 0 Å². The van der Waals surface area contributed by atoms with Crippen molar-refractivity contribution in [3.05, 3.63) is 54.4 Å². The molecule has 0 bridgehead atoms. The van der Waals surface area contributed by atoms with Gasteiger partial charge in [0.1, 0.15) is 0 Å². The van der Waals surface area contributed by atoms with Crippen LogP contribution in [0.15, 0.2) is 48.8 Å². The van der Waals surface area contributed by atoms with Crippen LogP contribution in [-0.2, 0) is 6.54 Å². The highest BCUT2D eigenvalue weighted by atomic mass is 15.1. The molecule has 88 valence electrons. The van der Waals surface area contributed by atoms with E-state index in [-0.39, 0.29) is 0 Å². The first-order chi connectivity index (χ1) is 8.27. The van der Waals surface area contributed by atoms with E-state index in [0.717, 1.165) is 12.2 Å². The van der Waals surface area contributed by atoms with Crippen molar-refractivity contribution >= 4 is 11.4 Å². The molecule has 0 aliphatic heterocycles. The molecular formula is C14H17N3. The van der Waals surface area contributed by atoms with Gasteiger partial charge in [-0.15, -0.1) is 0 Å². The molecule has 3 nitrogen and oxygen atoms in total. The van der Waals surface area contributed by atoms with Gasteiger partial charge in [0.25, 0.3) is 0 Å². The summed E-state index contributed by atoms with van der Waals surface area (Å²) in [6.07, 6.45) is 3.58. The van der Waals surface area contributed by atoms with Crippen LogP contribution in [0.5, 0.6) is 0 Å². The van der Waals surface area contributed by atoms with Crippen molar-refractivity contribution in [2.24, 2.45) is 0 Å². The number of aromatic nitrogens is 1. The zero-order chi connectivity index (χ0) is 12.1. The molecule has 0 unspecified atom stereocenters. The first-order valence-corrected chi connectivity index (χ1v) is 5.66. The molecule has 0 saturated heterocycles. The number of pyridine rings is 1. The molecule has 1 N–H and O–H groups in total. The lowest BCUT2D eigenvalue weighted by Gasteiger charge is -2.17. The molecular weight excluding hydrogens is 210 g/mol. The van der Waals surface area contributed by atoms with Crippen LogP contribution < -0.4 is 10.2 Å². The lowest BCUT2D eigenvalue weighted by atomic mass is 10.1. The quantitative estimate of drug-likeness (QED) is 0.870. The van der Waals surface area contributed by atoms with Gasteiger partial charge in [0.05, 0.1) is 0 Å². The number of hydrogen-bond acceptors (Lipinski definition) is 3. The van der Waals surface area contributed by atoms with Crippen LogP contribution in [0, 0.1) is 0 Å². The lowest BCUT2D eigenvalue weighted by Crippen LogP contribution is -2.12. The summed E-state index contributed by atoms with van der Waals surface area (Å²) in [6, 6.07) is 12.3. The summed E-state index contributed by atoms with van der Waals surface area (Å²) < 4.78 is 0. The summed E-state index contributed by atoms with van der Waals surface area (Å²) in [5, 5.41) is 3.39. The Bertz CT molecular complexity index is 466. The minimum absolute atomic E-state index is 0.818. The maximum Gasteiger partial charge on any atom is 0.0421 e. The van der Waals surface area contributed by atoms with E-state index in [4.69, 9.17) is 0 Å². The van der Waals surface area contributed by atoms with E-state index in [9.17, 15) is 0 Å². The van der Waals surface area contributed by atoms with Crippen LogP contribution in [0.4, 0.5) is 11.4 Å². The predicted octanol–water partition coefficient (Wildman–Crippen LogP) is 2.76. The van der Waals surface area contributed by atoms with Crippen LogP contribution in [0.2, 0.25) is 0 Å². The van der Waals surface area contributed by atoms with Gasteiger partial charge in [0.2, 0.25) is 0 Å². The second-order valence-corrected chi connectivity index (χ2v) is 4.11. The molecule has 0 amide bonds. The van der Waals surface area contributed by atoms with Crippen LogP contribution in [0.25, 0.3) is 0 Å². The van der Waals surface area contributed by atoms with E-state index in [0.29, 0.717) is 0 Å². The Balaban J connectivity index is 2.09. The Morgan fingerprint density at radius 2 is 1.76 bits per heavy atom. The molecule has 0 atom stereocenters. The van der Waals surface area contributed by atoms with E-state index in [1.165, 1.54) is 11.3 Å². The molecule has 2 rings (SSSR count). The fraction of sp³-hybridized carbons (Fsp3) is 0.214. The van der Waals surface area contributed by atoms with Gasteiger partial charge in [0.15, 0.2) is 0 Å². The van der Waals surface area contributed by atoms with E-state index in [2.05, 4.69) is 53.6 Å². The topological polar surface area (TPSA) is 28.2 Å². The summed E-state index contributed by atoms with van der Waals surface area (Å²) in [4.78, 5) is 6.13. The summed E-state index contributed by atoms with van der Waals surface area (Å²) in [5.74, 6) is 0. The maximum absolute atomic E-state index is 4.00. The van der Waals surface area contributed by atoms with Crippen molar-refractivity contribution in [3.8, 4) is 0 Å². The Morgan fingerprint density at radius 3 is 2.47 bits per heavy atom. The third-order valence-corrected chi connectivity index (χ3v) is 2.64. The van der Waals surface area contributed by atoms with Crippen molar-refractivity contribution in [2.75, 3.05) is 24.3 Å². The van der Waals surface area contributed by atoms with E-state index in [1.807, 2.05) is 12.1 Å². The number of hydrogen-bond donors (Lipinski definition) is 1. The highest BCUT2D eigenvalue weighted by Crippen LogP contribution is 2.19. The highest BCUT2D eigenvalue weighted by molar-refractivity contribution is 5.54. The van der Waals surface area contributed by atoms with Crippen LogP contribution >= 0.6 is 0 Å². The third-order valence-electron chi connectivity index (χ3n) is 2.64. The van der Waals surface area contributed by atoms with Gasteiger partial charge in [-0.05, 0) is 23.8 Å². The SMILES string of the molecule is CN(C)c1ccccc1CNc1ccncc1. The van der Waals surface area contributed by atoms with Gasteiger partial charge < -0.3 is 10.2 Å². The van der Waals surface area contributed by atoms with Crippen molar-refractivity contribution in [2.45, 2.75) is 6.54 Å². The molecule has 1 aromatic carbocycles. The first kappa shape index (κ1) is 11.5. The Hall–Kier alpha value is -2.03. The molecule has 3 heteroatoms. The molecule has 1 aromatic heterocycles. The summed E-state index contributed by atoms with van der Waals surface area (Å²) in [7, 11) is 4.12. The maximum atomic E-state index is 4.00. The average molecular weight is 227 g/mol. The largest absolute Gasteiger partial charge is 0.381 e. The molecule has 0 spiro atoms. The molecule has 0 aliphatic carbocycles. The fourth-order valence-corrected chi connectivity index (χ4v) is 1.76. The smallest absolute Gasteiger partial charge is 0.0421 e. The van der Waals surface area contributed by atoms with Crippen molar-refractivity contribution in [1.82, 2.24) is 4.98 Å². The first-order valence-electron chi connectivity index (χ1n) is 5.66. The van der Waals surface area contributed by atoms with Gasteiger partial charge in [-0.25, -0.2) is 0 Å². The monoisotopic (exact) mass is 227 g/mol. The summed E-state index contributed by atoms with van der Waals surface area (Å²) in [5.41, 5.74) is 3.62. The zero-order valence-corrected chi connectivity index (χ0v) is 10.2. The van der Waals surface area contributed by atoms with Gasteiger partial charge in [-0.2, -0.15) is 0 Å². The number of anilines is 2. The molecule has 2 aromatic rings. The normalized spacial score (nSPS) is 10.0. The molecule has 1 heterocycles. The molecule has 17 heavy (non-hydrogen) atoms. The molecule has 0 fully saturated rings.